The smallest absolute Gasteiger partial charge is 0.449 e. The van der Waals surface area contributed by atoms with Crippen LogP contribution in [0.2, 0.25) is 0 Å². The van der Waals surface area contributed by atoms with Gasteiger partial charge in [0, 0.05) is 6.07 Å². The number of hydrogen-bond donors (Lipinski definition) is 0. The largest absolute Gasteiger partial charge is 0.492 e. The summed E-state index contributed by atoms with van der Waals surface area (Å²) in [5, 5.41) is 0. The Morgan fingerprint density at radius 1 is 1.08 bits per heavy atom. The fourth-order valence-electron chi connectivity index (χ4n) is 2.43. The van der Waals surface area contributed by atoms with Crippen LogP contribution in [0.15, 0.2) is 42.5 Å². The average Bonchev–Trinajstić information content (AvgIpc) is 2.87. The first-order valence-corrected chi connectivity index (χ1v) is 7.27. The number of aryl methyl sites for hydroxylation is 1. The van der Waals surface area contributed by atoms with E-state index in [9.17, 15) is 17.6 Å². The molecule has 7 heteroatoms. The van der Waals surface area contributed by atoms with Gasteiger partial charge in [0.25, 0.3) is 0 Å². The van der Waals surface area contributed by atoms with Crippen LogP contribution in [0.25, 0.3) is 11.0 Å². The van der Waals surface area contributed by atoms with Crippen LogP contribution in [0.3, 0.4) is 0 Å². The van der Waals surface area contributed by atoms with E-state index in [-0.39, 0.29) is 24.2 Å². The number of alkyl halides is 3. The third-order valence-corrected chi connectivity index (χ3v) is 3.57. The Morgan fingerprint density at radius 3 is 2.46 bits per heavy atom. The molecule has 126 valence electrons. The minimum absolute atomic E-state index is 0.0299. The third kappa shape index (κ3) is 3.34. The summed E-state index contributed by atoms with van der Waals surface area (Å²) in [5.41, 5.74) is 1.25. The Morgan fingerprint density at radius 2 is 1.79 bits per heavy atom. The minimum Gasteiger partial charge on any atom is -0.492 e. The summed E-state index contributed by atoms with van der Waals surface area (Å²) < 4.78 is 59.2. The highest BCUT2D eigenvalue weighted by atomic mass is 19.4. The van der Waals surface area contributed by atoms with Gasteiger partial charge in [-0.15, -0.1) is 0 Å². The molecule has 0 spiro atoms. The molecule has 3 rings (SSSR count). The predicted octanol–water partition coefficient (Wildman–Crippen LogP) is 4.58. The van der Waals surface area contributed by atoms with E-state index < -0.39 is 17.8 Å². The van der Waals surface area contributed by atoms with Crippen LogP contribution < -0.4 is 4.74 Å². The lowest BCUT2D eigenvalue weighted by Gasteiger charge is -2.12. The maximum Gasteiger partial charge on any atom is 0.449 e. The summed E-state index contributed by atoms with van der Waals surface area (Å²) in [6.07, 6.45) is -4.63. The highest BCUT2D eigenvalue weighted by Crippen LogP contribution is 2.31. The van der Waals surface area contributed by atoms with Gasteiger partial charge in [0.1, 0.15) is 18.2 Å². The van der Waals surface area contributed by atoms with Crippen molar-refractivity contribution >= 4 is 11.0 Å². The number of nitrogens with zero attached hydrogens (tertiary/aromatic N) is 2. The molecule has 2 aromatic carbocycles. The molecule has 0 unspecified atom stereocenters. The van der Waals surface area contributed by atoms with Crippen LogP contribution in [0.1, 0.15) is 11.4 Å². The van der Waals surface area contributed by atoms with Crippen LogP contribution in [0.4, 0.5) is 17.6 Å². The lowest BCUT2D eigenvalue weighted by Crippen LogP contribution is -2.18. The zero-order chi connectivity index (χ0) is 17.3. The number of ether oxygens (including phenoxy) is 1. The Balaban J connectivity index is 1.85. The summed E-state index contributed by atoms with van der Waals surface area (Å²) in [6.45, 7) is 1.91. The van der Waals surface area contributed by atoms with Crippen LogP contribution in [0, 0.1) is 12.7 Å². The molecule has 0 radical (unpaired) electrons. The summed E-state index contributed by atoms with van der Waals surface area (Å²) in [5.74, 6) is -1.11. The number of hydrogen-bond acceptors (Lipinski definition) is 2. The minimum atomic E-state index is -4.63. The van der Waals surface area contributed by atoms with Gasteiger partial charge in [-0.25, -0.2) is 9.37 Å². The second-order valence-electron chi connectivity index (χ2n) is 5.38. The zero-order valence-electron chi connectivity index (χ0n) is 12.8. The van der Waals surface area contributed by atoms with Crippen molar-refractivity contribution in [3.05, 3.63) is 59.7 Å². The fourth-order valence-corrected chi connectivity index (χ4v) is 2.43. The molecule has 0 amide bonds. The highest BCUT2D eigenvalue weighted by molar-refractivity contribution is 5.76. The SMILES string of the molecule is Cc1ccc(OCCn2c(C(F)(F)F)nc3cc(F)ccc32)cc1. The molecular formula is C17H14F4N2O. The van der Waals surface area contributed by atoms with Gasteiger partial charge in [0.15, 0.2) is 0 Å². The average molecular weight is 338 g/mol. The van der Waals surface area contributed by atoms with Crippen molar-refractivity contribution in [2.45, 2.75) is 19.6 Å². The fraction of sp³-hybridized carbons (Fsp3) is 0.235. The molecule has 0 aliphatic carbocycles. The first kappa shape index (κ1) is 16.3. The van der Waals surface area contributed by atoms with Crippen LogP contribution in [0.5, 0.6) is 5.75 Å². The molecule has 1 aromatic heterocycles. The lowest BCUT2D eigenvalue weighted by atomic mass is 10.2. The number of rotatable bonds is 4. The quantitative estimate of drug-likeness (QED) is 0.651. The maximum atomic E-state index is 13.2. The second kappa shape index (κ2) is 6.14. The van der Waals surface area contributed by atoms with Crippen molar-refractivity contribution in [2.75, 3.05) is 6.61 Å². The normalized spacial score (nSPS) is 11.9. The number of aromatic nitrogens is 2. The van der Waals surface area contributed by atoms with Crippen molar-refractivity contribution in [1.82, 2.24) is 9.55 Å². The van der Waals surface area contributed by atoms with Gasteiger partial charge in [0.05, 0.1) is 17.6 Å². The molecule has 0 saturated heterocycles. The number of imidazole rings is 1. The number of benzene rings is 2. The van der Waals surface area contributed by atoms with Gasteiger partial charge in [-0.1, -0.05) is 17.7 Å². The third-order valence-electron chi connectivity index (χ3n) is 3.57. The number of fused-ring (bicyclic) bond motifs is 1. The first-order valence-electron chi connectivity index (χ1n) is 7.27. The second-order valence-corrected chi connectivity index (χ2v) is 5.38. The molecule has 0 aliphatic heterocycles. The van der Waals surface area contributed by atoms with Gasteiger partial charge in [-0.3, -0.25) is 0 Å². The van der Waals surface area contributed by atoms with Crippen molar-refractivity contribution in [2.24, 2.45) is 0 Å². The predicted molar refractivity (Wildman–Crippen MR) is 81.4 cm³/mol. The summed E-state index contributed by atoms with van der Waals surface area (Å²) in [6, 6.07) is 10.6. The van der Waals surface area contributed by atoms with E-state index in [1.54, 1.807) is 12.1 Å². The van der Waals surface area contributed by atoms with E-state index in [0.717, 1.165) is 22.3 Å². The molecule has 3 aromatic rings. The highest BCUT2D eigenvalue weighted by Gasteiger charge is 2.37. The molecule has 1 heterocycles. The summed E-state index contributed by atoms with van der Waals surface area (Å²) in [4.78, 5) is 3.52. The molecular weight excluding hydrogens is 324 g/mol. The van der Waals surface area contributed by atoms with Gasteiger partial charge < -0.3 is 9.30 Å². The molecule has 0 atom stereocenters. The van der Waals surface area contributed by atoms with Crippen LogP contribution >= 0.6 is 0 Å². The first-order chi connectivity index (χ1) is 11.3. The molecule has 0 saturated carbocycles. The van der Waals surface area contributed by atoms with Gasteiger partial charge >= 0.3 is 6.18 Å². The summed E-state index contributed by atoms with van der Waals surface area (Å²) >= 11 is 0. The number of halogens is 4. The van der Waals surface area contributed by atoms with E-state index in [0.29, 0.717) is 5.75 Å². The van der Waals surface area contributed by atoms with Gasteiger partial charge in [0.2, 0.25) is 5.82 Å². The Labute approximate surface area is 135 Å². The standard InChI is InChI=1S/C17H14F4N2O/c1-11-2-5-13(6-3-11)24-9-8-23-15-7-4-12(18)10-14(15)22-16(23)17(19,20)21/h2-7,10H,8-9H2,1H3. The summed E-state index contributed by atoms with van der Waals surface area (Å²) in [7, 11) is 0. The van der Waals surface area contributed by atoms with Crippen molar-refractivity contribution in [3.63, 3.8) is 0 Å². The van der Waals surface area contributed by atoms with E-state index in [2.05, 4.69) is 4.98 Å². The van der Waals surface area contributed by atoms with Crippen molar-refractivity contribution in [3.8, 4) is 5.75 Å². The molecule has 24 heavy (non-hydrogen) atoms. The molecule has 0 aliphatic rings. The van der Waals surface area contributed by atoms with E-state index in [4.69, 9.17) is 4.74 Å². The lowest BCUT2D eigenvalue weighted by molar-refractivity contribution is -0.147. The zero-order valence-corrected chi connectivity index (χ0v) is 12.8. The van der Waals surface area contributed by atoms with Crippen LogP contribution in [-0.4, -0.2) is 16.2 Å². The van der Waals surface area contributed by atoms with E-state index in [1.165, 1.54) is 6.07 Å². The van der Waals surface area contributed by atoms with Gasteiger partial charge in [-0.2, -0.15) is 13.2 Å². The monoisotopic (exact) mass is 338 g/mol. The molecule has 3 nitrogen and oxygen atoms in total. The maximum absolute atomic E-state index is 13.2. The molecule has 0 fully saturated rings. The Bertz CT molecular complexity index is 853. The van der Waals surface area contributed by atoms with E-state index >= 15 is 0 Å². The van der Waals surface area contributed by atoms with Crippen molar-refractivity contribution < 1.29 is 22.3 Å². The topological polar surface area (TPSA) is 27.1 Å². The Hall–Kier alpha value is -2.57. The van der Waals surface area contributed by atoms with Crippen LogP contribution in [-0.2, 0) is 12.7 Å². The Kier molecular flexibility index (Phi) is 4.17. The van der Waals surface area contributed by atoms with Gasteiger partial charge in [-0.05, 0) is 31.2 Å². The molecule has 0 bridgehead atoms. The molecule has 0 N–H and O–H groups in total. The van der Waals surface area contributed by atoms with E-state index in [1.807, 2.05) is 19.1 Å². The van der Waals surface area contributed by atoms with Crippen molar-refractivity contribution in [1.29, 1.82) is 0 Å².